The lowest BCUT2D eigenvalue weighted by molar-refractivity contribution is 0.221. The second-order valence-electron chi connectivity index (χ2n) is 5.48. The van der Waals surface area contributed by atoms with Crippen molar-refractivity contribution in [2.24, 2.45) is 0 Å². The molecule has 108 valence electrons. The minimum atomic E-state index is 0.271. The van der Waals surface area contributed by atoms with Crippen LogP contribution in [0, 0.1) is 0 Å². The number of nitrogens with one attached hydrogen (secondary N) is 1. The van der Waals surface area contributed by atoms with E-state index in [0.29, 0.717) is 6.61 Å². The van der Waals surface area contributed by atoms with Gasteiger partial charge in [0, 0.05) is 22.6 Å². The summed E-state index contributed by atoms with van der Waals surface area (Å²) in [6.45, 7) is 2.57. The predicted molar refractivity (Wildman–Crippen MR) is 85.8 cm³/mol. The lowest BCUT2D eigenvalue weighted by atomic mass is 9.97. The molecule has 4 rings (SSSR count). The summed E-state index contributed by atoms with van der Waals surface area (Å²) in [6.07, 6.45) is 1.33. The molecule has 1 atom stereocenters. The van der Waals surface area contributed by atoms with Gasteiger partial charge in [-0.15, -0.1) is 0 Å². The van der Waals surface area contributed by atoms with Gasteiger partial charge in [0.05, 0.1) is 0 Å². The Hall–Kier alpha value is -1.52. The van der Waals surface area contributed by atoms with E-state index in [1.54, 1.807) is 0 Å². The third kappa shape index (κ3) is 2.54. The molecule has 1 N–H and O–H groups in total. The molecule has 1 saturated heterocycles. The number of benzene rings is 2. The van der Waals surface area contributed by atoms with Crippen LogP contribution in [0.5, 0.6) is 11.5 Å². The molecule has 1 fully saturated rings. The smallest absolute Gasteiger partial charge is 0.131 e. The van der Waals surface area contributed by atoms with Crippen molar-refractivity contribution < 1.29 is 9.47 Å². The van der Waals surface area contributed by atoms with E-state index in [1.165, 1.54) is 11.1 Å². The Kier molecular flexibility index (Phi) is 3.36. The highest BCUT2D eigenvalue weighted by atomic mass is 79.9. The summed E-state index contributed by atoms with van der Waals surface area (Å²) in [4.78, 5) is 0. The molecule has 2 aliphatic heterocycles. The molecule has 0 aliphatic carbocycles. The van der Waals surface area contributed by atoms with Crippen molar-refractivity contribution in [3.8, 4) is 22.6 Å². The summed E-state index contributed by atoms with van der Waals surface area (Å²) in [5.74, 6) is 1.80. The van der Waals surface area contributed by atoms with E-state index in [1.807, 2.05) is 12.1 Å². The molecule has 21 heavy (non-hydrogen) atoms. The molecule has 0 bridgehead atoms. The molecule has 3 nitrogen and oxygen atoms in total. The van der Waals surface area contributed by atoms with Crippen LogP contribution in [0.15, 0.2) is 40.9 Å². The van der Waals surface area contributed by atoms with Crippen molar-refractivity contribution in [2.75, 3.05) is 13.1 Å². The van der Waals surface area contributed by atoms with Crippen LogP contribution in [0.4, 0.5) is 0 Å². The third-order valence-corrected chi connectivity index (χ3v) is 4.51. The van der Waals surface area contributed by atoms with E-state index in [9.17, 15) is 0 Å². The van der Waals surface area contributed by atoms with Gasteiger partial charge in [0.2, 0.25) is 0 Å². The van der Waals surface area contributed by atoms with Crippen LogP contribution >= 0.6 is 15.9 Å². The highest BCUT2D eigenvalue weighted by molar-refractivity contribution is 9.10. The normalized spacial score (nSPS) is 19.6. The fourth-order valence-corrected chi connectivity index (χ4v) is 3.28. The topological polar surface area (TPSA) is 30.5 Å². The molecule has 0 saturated carbocycles. The molecule has 2 aliphatic rings. The maximum atomic E-state index is 6.00. The molecule has 4 heteroatoms. The Bertz CT molecular complexity index is 680. The molecule has 2 aromatic rings. The number of rotatable bonds is 2. The van der Waals surface area contributed by atoms with Crippen molar-refractivity contribution in [3.63, 3.8) is 0 Å². The van der Waals surface area contributed by atoms with Crippen LogP contribution in [0.25, 0.3) is 11.1 Å². The summed E-state index contributed by atoms with van der Waals surface area (Å²) in [7, 11) is 0. The van der Waals surface area contributed by atoms with E-state index in [-0.39, 0.29) is 6.10 Å². The Balaban J connectivity index is 1.67. The van der Waals surface area contributed by atoms with Gasteiger partial charge in [-0.1, -0.05) is 22.0 Å². The van der Waals surface area contributed by atoms with E-state index in [4.69, 9.17) is 9.47 Å². The van der Waals surface area contributed by atoms with Gasteiger partial charge in [-0.3, -0.25) is 0 Å². The van der Waals surface area contributed by atoms with E-state index in [0.717, 1.165) is 41.0 Å². The summed E-state index contributed by atoms with van der Waals surface area (Å²) in [5, 5.41) is 3.31. The van der Waals surface area contributed by atoms with Crippen molar-refractivity contribution >= 4 is 15.9 Å². The van der Waals surface area contributed by atoms with Crippen LogP contribution in [-0.4, -0.2) is 19.2 Å². The molecule has 0 spiro atoms. The molecule has 0 aromatic heterocycles. The first kappa shape index (κ1) is 13.2. The van der Waals surface area contributed by atoms with Crippen LogP contribution in [0.2, 0.25) is 0 Å². The Labute approximate surface area is 132 Å². The van der Waals surface area contributed by atoms with Gasteiger partial charge in [0.1, 0.15) is 24.2 Å². The average Bonchev–Trinajstić information content (AvgIpc) is 2.99. The second kappa shape index (κ2) is 5.35. The lowest BCUT2D eigenvalue weighted by Crippen LogP contribution is -2.19. The van der Waals surface area contributed by atoms with Crippen molar-refractivity contribution in [2.45, 2.75) is 19.1 Å². The summed E-state index contributed by atoms with van der Waals surface area (Å²) >= 11 is 3.54. The van der Waals surface area contributed by atoms with Crippen molar-refractivity contribution in [3.05, 3.63) is 46.4 Å². The van der Waals surface area contributed by atoms with Gasteiger partial charge < -0.3 is 14.8 Å². The quantitative estimate of drug-likeness (QED) is 0.899. The zero-order chi connectivity index (χ0) is 14.2. The molecule has 2 aromatic carbocycles. The third-order valence-electron chi connectivity index (χ3n) is 4.02. The summed E-state index contributed by atoms with van der Waals surface area (Å²) < 4.78 is 13.0. The molecule has 0 amide bonds. The second-order valence-corrected chi connectivity index (χ2v) is 6.40. The minimum Gasteiger partial charge on any atom is -0.489 e. The number of halogens is 1. The SMILES string of the molecule is Brc1ccc2c(c1)-c1ccc(O[C@@H]3CCNC3)cc1OC2. The zero-order valence-electron chi connectivity index (χ0n) is 11.6. The van der Waals surface area contributed by atoms with Crippen LogP contribution < -0.4 is 14.8 Å². The lowest BCUT2D eigenvalue weighted by Gasteiger charge is -2.22. The van der Waals surface area contributed by atoms with Gasteiger partial charge in [0.15, 0.2) is 0 Å². The van der Waals surface area contributed by atoms with Gasteiger partial charge >= 0.3 is 0 Å². The molecular weight excluding hydrogens is 330 g/mol. The van der Waals surface area contributed by atoms with Gasteiger partial charge in [-0.25, -0.2) is 0 Å². The van der Waals surface area contributed by atoms with Gasteiger partial charge in [0.25, 0.3) is 0 Å². The number of hydrogen-bond donors (Lipinski definition) is 1. The van der Waals surface area contributed by atoms with Gasteiger partial charge in [-0.2, -0.15) is 0 Å². The number of fused-ring (bicyclic) bond motifs is 3. The average molecular weight is 346 g/mol. The number of ether oxygens (including phenoxy) is 2. The fourth-order valence-electron chi connectivity index (χ4n) is 2.92. The van der Waals surface area contributed by atoms with Crippen molar-refractivity contribution in [1.29, 1.82) is 0 Å². The molecule has 2 heterocycles. The largest absolute Gasteiger partial charge is 0.489 e. The first-order valence-corrected chi connectivity index (χ1v) is 8.02. The van der Waals surface area contributed by atoms with Gasteiger partial charge in [-0.05, 0) is 48.4 Å². The maximum absolute atomic E-state index is 6.00. The first-order valence-electron chi connectivity index (χ1n) is 7.22. The summed E-state index contributed by atoms with van der Waals surface area (Å²) in [5.41, 5.74) is 3.59. The highest BCUT2D eigenvalue weighted by Crippen LogP contribution is 2.40. The monoisotopic (exact) mass is 345 g/mol. The van der Waals surface area contributed by atoms with Crippen LogP contribution in [0.3, 0.4) is 0 Å². The fraction of sp³-hybridized carbons (Fsp3) is 0.294. The summed E-state index contributed by atoms with van der Waals surface area (Å²) in [6, 6.07) is 12.5. The Morgan fingerprint density at radius 3 is 2.95 bits per heavy atom. The Morgan fingerprint density at radius 2 is 2.10 bits per heavy atom. The minimum absolute atomic E-state index is 0.271. The highest BCUT2D eigenvalue weighted by Gasteiger charge is 2.20. The van der Waals surface area contributed by atoms with Crippen LogP contribution in [-0.2, 0) is 6.61 Å². The number of hydrogen-bond acceptors (Lipinski definition) is 3. The van der Waals surface area contributed by atoms with Crippen LogP contribution in [0.1, 0.15) is 12.0 Å². The Morgan fingerprint density at radius 1 is 1.14 bits per heavy atom. The first-order chi connectivity index (χ1) is 10.3. The van der Waals surface area contributed by atoms with E-state index >= 15 is 0 Å². The van der Waals surface area contributed by atoms with E-state index < -0.39 is 0 Å². The molecular formula is C17H16BrNO2. The molecule has 0 radical (unpaired) electrons. The standard InChI is InChI=1S/C17H16BrNO2/c18-12-2-1-11-10-20-17-8-13(21-14-5-6-19-9-14)3-4-15(17)16(11)7-12/h1-4,7-8,14,19H,5-6,9-10H2/t14-/m1/s1. The maximum Gasteiger partial charge on any atom is 0.131 e. The zero-order valence-corrected chi connectivity index (χ0v) is 13.2. The van der Waals surface area contributed by atoms with Crippen molar-refractivity contribution in [1.82, 2.24) is 5.32 Å². The predicted octanol–water partition coefficient (Wildman–Crippen LogP) is 3.75. The molecule has 0 unspecified atom stereocenters. The van der Waals surface area contributed by atoms with E-state index in [2.05, 4.69) is 45.5 Å².